The van der Waals surface area contributed by atoms with E-state index in [2.05, 4.69) is 14.3 Å². The lowest BCUT2D eigenvalue weighted by molar-refractivity contribution is -0.116. The minimum Gasteiger partial charge on any atom is -0.335 e. The summed E-state index contributed by atoms with van der Waals surface area (Å²) in [6, 6.07) is 5.04. The van der Waals surface area contributed by atoms with E-state index in [4.69, 9.17) is 0 Å². The highest BCUT2D eigenvalue weighted by Crippen LogP contribution is 2.30. The lowest BCUT2D eigenvalue weighted by Gasteiger charge is -2.23. The molecule has 1 aromatic carbocycles. The van der Waals surface area contributed by atoms with Gasteiger partial charge in [-0.3, -0.25) is 4.79 Å². The summed E-state index contributed by atoms with van der Waals surface area (Å²) in [5.74, 6) is 1.18. The Morgan fingerprint density at radius 1 is 1.35 bits per heavy atom. The quantitative estimate of drug-likeness (QED) is 0.875. The third kappa shape index (κ3) is 3.14. The summed E-state index contributed by atoms with van der Waals surface area (Å²) in [5.41, 5.74) is 1.72. The van der Waals surface area contributed by atoms with Crippen molar-refractivity contribution in [3.63, 3.8) is 0 Å². The van der Waals surface area contributed by atoms with Crippen LogP contribution in [0.2, 0.25) is 0 Å². The number of sulfonamides is 1. The molecule has 1 amide bonds. The van der Waals surface area contributed by atoms with Crippen LogP contribution < -0.4 is 9.62 Å². The maximum Gasteiger partial charge on any atom is 0.240 e. The number of carbonyl (C=O) groups excluding carboxylic acids is 1. The summed E-state index contributed by atoms with van der Waals surface area (Å²) >= 11 is 0. The normalized spacial score (nSPS) is 19.3. The van der Waals surface area contributed by atoms with Crippen molar-refractivity contribution in [2.24, 2.45) is 5.92 Å². The molecule has 0 bridgehead atoms. The van der Waals surface area contributed by atoms with Gasteiger partial charge in [-0.2, -0.15) is 0 Å². The molecule has 4 rings (SSSR count). The number of fused-ring (bicyclic) bond motifs is 2. The molecular weight excluding hydrogens is 352 g/mol. The van der Waals surface area contributed by atoms with Gasteiger partial charge in [0, 0.05) is 51.1 Å². The molecular formula is C18H22N4O3S. The first kappa shape index (κ1) is 17.2. The highest BCUT2D eigenvalue weighted by atomic mass is 32.2. The number of hydrogen-bond donors (Lipinski definition) is 1. The fourth-order valence-electron chi connectivity index (χ4n) is 3.75. The molecule has 0 saturated carbocycles. The zero-order valence-electron chi connectivity index (χ0n) is 14.7. The van der Waals surface area contributed by atoms with Gasteiger partial charge in [-0.25, -0.2) is 18.1 Å². The fourth-order valence-corrected chi connectivity index (χ4v) is 4.89. The van der Waals surface area contributed by atoms with Crippen LogP contribution >= 0.6 is 0 Å². The topological polar surface area (TPSA) is 84.3 Å². The number of aryl methyl sites for hydroxylation is 1. The van der Waals surface area contributed by atoms with E-state index in [0.717, 1.165) is 37.2 Å². The molecule has 1 atom stereocenters. The van der Waals surface area contributed by atoms with E-state index < -0.39 is 10.0 Å². The molecule has 0 spiro atoms. The van der Waals surface area contributed by atoms with Gasteiger partial charge in [0.15, 0.2) is 0 Å². The second-order valence-electron chi connectivity index (χ2n) is 6.96. The van der Waals surface area contributed by atoms with Gasteiger partial charge in [0.25, 0.3) is 0 Å². The summed E-state index contributed by atoms with van der Waals surface area (Å²) in [6.45, 7) is 3.37. The number of benzene rings is 1. The van der Waals surface area contributed by atoms with Gasteiger partial charge >= 0.3 is 0 Å². The lowest BCUT2D eigenvalue weighted by atomic mass is 9.98. The van der Waals surface area contributed by atoms with Gasteiger partial charge in [0.1, 0.15) is 5.82 Å². The van der Waals surface area contributed by atoms with Crippen LogP contribution in [0.4, 0.5) is 5.69 Å². The van der Waals surface area contributed by atoms with E-state index in [0.29, 0.717) is 18.8 Å². The molecule has 2 aromatic rings. The highest BCUT2D eigenvalue weighted by molar-refractivity contribution is 7.89. The zero-order chi connectivity index (χ0) is 18.3. The first-order valence-corrected chi connectivity index (χ1v) is 10.3. The zero-order valence-corrected chi connectivity index (χ0v) is 15.5. The van der Waals surface area contributed by atoms with Crippen LogP contribution in [-0.2, 0) is 34.2 Å². The molecule has 0 aliphatic carbocycles. The molecule has 0 radical (unpaired) electrons. The van der Waals surface area contributed by atoms with Crippen molar-refractivity contribution in [2.45, 2.75) is 37.6 Å². The van der Waals surface area contributed by atoms with E-state index in [9.17, 15) is 13.2 Å². The standard InChI is InChI=1S/C18H22N4O3S/c1-13(23)22-8-5-15-2-3-16(11-17(15)22)26(24,25)20-12-14-4-7-21-9-6-19-18(21)10-14/h2-3,6,9,11,14,20H,4-5,7-8,10,12H2,1H3. The van der Waals surface area contributed by atoms with Crippen LogP contribution in [-0.4, -0.2) is 37.0 Å². The second kappa shape index (κ2) is 6.51. The Bertz CT molecular complexity index is 951. The molecule has 26 heavy (non-hydrogen) atoms. The number of hydrogen-bond acceptors (Lipinski definition) is 4. The molecule has 1 unspecified atom stereocenters. The molecule has 8 heteroatoms. The molecule has 2 aliphatic heterocycles. The minimum atomic E-state index is -3.61. The minimum absolute atomic E-state index is 0.0658. The first-order valence-electron chi connectivity index (χ1n) is 8.85. The van der Waals surface area contributed by atoms with Crippen LogP contribution in [0, 0.1) is 5.92 Å². The lowest BCUT2D eigenvalue weighted by Crippen LogP contribution is -2.33. The molecule has 3 heterocycles. The van der Waals surface area contributed by atoms with Crippen LogP contribution in [0.3, 0.4) is 0 Å². The van der Waals surface area contributed by atoms with Crippen molar-refractivity contribution in [1.29, 1.82) is 0 Å². The third-order valence-corrected chi connectivity index (χ3v) is 6.68. The monoisotopic (exact) mass is 374 g/mol. The van der Waals surface area contributed by atoms with Crippen molar-refractivity contribution in [2.75, 3.05) is 18.0 Å². The Kier molecular flexibility index (Phi) is 4.32. The van der Waals surface area contributed by atoms with Crippen LogP contribution in [0.15, 0.2) is 35.5 Å². The highest BCUT2D eigenvalue weighted by Gasteiger charge is 2.26. The van der Waals surface area contributed by atoms with Gasteiger partial charge in [0.2, 0.25) is 15.9 Å². The average molecular weight is 374 g/mol. The van der Waals surface area contributed by atoms with Crippen molar-refractivity contribution < 1.29 is 13.2 Å². The molecule has 0 saturated heterocycles. The summed E-state index contributed by atoms with van der Waals surface area (Å²) in [5, 5.41) is 0. The largest absolute Gasteiger partial charge is 0.335 e. The number of carbonyl (C=O) groups is 1. The van der Waals surface area contributed by atoms with Gasteiger partial charge in [-0.1, -0.05) is 6.07 Å². The molecule has 1 N–H and O–H groups in total. The average Bonchev–Trinajstić information content (AvgIpc) is 3.25. The molecule has 0 fully saturated rings. The Balaban J connectivity index is 1.48. The summed E-state index contributed by atoms with van der Waals surface area (Å²) < 4.78 is 30.3. The molecule has 138 valence electrons. The molecule has 1 aromatic heterocycles. The predicted molar refractivity (Wildman–Crippen MR) is 97.4 cm³/mol. The van der Waals surface area contributed by atoms with Crippen LogP contribution in [0.5, 0.6) is 0 Å². The van der Waals surface area contributed by atoms with Crippen LogP contribution in [0.1, 0.15) is 24.7 Å². The fraction of sp³-hybridized carbons (Fsp3) is 0.444. The third-order valence-electron chi connectivity index (χ3n) is 5.26. The van der Waals surface area contributed by atoms with Gasteiger partial charge < -0.3 is 9.47 Å². The number of anilines is 1. The number of nitrogens with zero attached hydrogens (tertiary/aromatic N) is 3. The van der Waals surface area contributed by atoms with Gasteiger partial charge in [0.05, 0.1) is 4.90 Å². The van der Waals surface area contributed by atoms with E-state index in [1.165, 1.54) is 6.92 Å². The van der Waals surface area contributed by atoms with Crippen molar-refractivity contribution in [3.8, 4) is 0 Å². The van der Waals surface area contributed by atoms with Gasteiger partial charge in [-0.15, -0.1) is 0 Å². The number of aromatic nitrogens is 2. The summed E-state index contributed by atoms with van der Waals surface area (Å²) in [6.07, 6.45) is 6.21. The van der Waals surface area contributed by atoms with E-state index in [1.54, 1.807) is 23.2 Å². The second-order valence-corrected chi connectivity index (χ2v) is 8.73. The Hall–Kier alpha value is -2.19. The molecule has 2 aliphatic rings. The Morgan fingerprint density at radius 3 is 3.00 bits per heavy atom. The van der Waals surface area contributed by atoms with E-state index in [1.807, 2.05) is 12.3 Å². The van der Waals surface area contributed by atoms with Crippen molar-refractivity contribution in [1.82, 2.24) is 14.3 Å². The van der Waals surface area contributed by atoms with Crippen LogP contribution in [0.25, 0.3) is 0 Å². The molecule has 7 nitrogen and oxygen atoms in total. The van der Waals surface area contributed by atoms with Gasteiger partial charge in [-0.05, 0) is 36.5 Å². The maximum atomic E-state index is 12.7. The van der Waals surface area contributed by atoms with E-state index >= 15 is 0 Å². The summed E-state index contributed by atoms with van der Waals surface area (Å²) in [7, 11) is -3.61. The number of rotatable bonds is 4. The number of nitrogens with one attached hydrogen (secondary N) is 1. The maximum absolute atomic E-state index is 12.7. The Labute approximate surface area is 153 Å². The first-order chi connectivity index (χ1) is 12.4. The van der Waals surface area contributed by atoms with Crippen molar-refractivity contribution in [3.05, 3.63) is 42.0 Å². The van der Waals surface area contributed by atoms with E-state index in [-0.39, 0.29) is 16.7 Å². The predicted octanol–water partition coefficient (Wildman–Crippen LogP) is 1.33. The Morgan fingerprint density at radius 2 is 2.19 bits per heavy atom. The smallest absolute Gasteiger partial charge is 0.240 e. The number of imidazole rings is 1. The van der Waals surface area contributed by atoms with Crippen molar-refractivity contribution >= 4 is 21.6 Å². The number of amides is 1. The summed E-state index contributed by atoms with van der Waals surface area (Å²) in [4.78, 5) is 17.9. The SMILES string of the molecule is CC(=O)N1CCc2ccc(S(=O)(=O)NCC3CCn4ccnc4C3)cc21.